The number of amides is 1. The molecule has 3 aromatic rings. The topological polar surface area (TPSA) is 67.6 Å². The van der Waals surface area contributed by atoms with Crippen molar-refractivity contribution < 1.29 is 17.6 Å². The Bertz CT molecular complexity index is 1200. The molecule has 7 heteroatoms. The van der Waals surface area contributed by atoms with E-state index >= 15 is 0 Å². The lowest BCUT2D eigenvalue weighted by Gasteiger charge is -2.28. The number of nitrogens with zero attached hydrogens (tertiary/aromatic N) is 1. The monoisotopic (exact) mass is 459 g/mol. The summed E-state index contributed by atoms with van der Waals surface area (Å²) in [5, 5.41) is 1.38. The van der Waals surface area contributed by atoms with E-state index in [1.807, 2.05) is 12.1 Å². The van der Waals surface area contributed by atoms with E-state index in [9.17, 15) is 13.2 Å². The molecule has 1 unspecified atom stereocenters. The van der Waals surface area contributed by atoms with Crippen molar-refractivity contribution in [1.82, 2.24) is 4.90 Å². The fraction of sp³-hybridized carbons (Fsp3) is 0.375. The fourth-order valence-electron chi connectivity index (χ4n) is 4.10. The van der Waals surface area contributed by atoms with Crippen LogP contribution in [0.1, 0.15) is 42.9 Å². The molecule has 1 aromatic heterocycles. The molecule has 0 spiro atoms. The van der Waals surface area contributed by atoms with Crippen LogP contribution in [0.4, 0.5) is 0 Å². The van der Waals surface area contributed by atoms with Gasteiger partial charge in [-0.2, -0.15) is 0 Å². The molecule has 1 aliphatic heterocycles. The fourth-order valence-corrected chi connectivity index (χ4v) is 6.00. The summed E-state index contributed by atoms with van der Waals surface area (Å²) in [4.78, 5) is 15.1. The standard InChI is InChI=1S/C24H26ClNO4S/c1-16(2)18-5-3-17(4-6-18)13-26(21-9-10-31(28,29)15-21)24(27)11-19-14-30-23-8-7-20(25)12-22(19)23/h3-8,12,14,16,21H,9-11,13,15H2,1-2H3. The summed E-state index contributed by atoms with van der Waals surface area (Å²) in [7, 11) is -3.12. The third-order valence-corrected chi connectivity index (χ3v) is 7.91. The van der Waals surface area contributed by atoms with E-state index < -0.39 is 9.84 Å². The summed E-state index contributed by atoms with van der Waals surface area (Å²) in [5.74, 6) is 0.448. The molecular formula is C24H26ClNO4S. The van der Waals surface area contributed by atoms with E-state index in [4.69, 9.17) is 16.0 Å². The van der Waals surface area contributed by atoms with Crippen LogP contribution in [-0.4, -0.2) is 36.8 Å². The van der Waals surface area contributed by atoms with Crippen molar-refractivity contribution in [2.24, 2.45) is 0 Å². The molecule has 0 bridgehead atoms. The van der Waals surface area contributed by atoms with E-state index in [2.05, 4.69) is 26.0 Å². The molecule has 2 aromatic carbocycles. The third kappa shape index (κ3) is 4.96. The van der Waals surface area contributed by atoms with Crippen LogP contribution in [0.5, 0.6) is 0 Å². The number of halogens is 1. The van der Waals surface area contributed by atoms with Gasteiger partial charge in [0, 0.05) is 28.6 Å². The minimum Gasteiger partial charge on any atom is -0.464 e. The van der Waals surface area contributed by atoms with Crippen molar-refractivity contribution in [2.75, 3.05) is 11.5 Å². The molecule has 1 fully saturated rings. The van der Waals surface area contributed by atoms with Crippen molar-refractivity contribution in [1.29, 1.82) is 0 Å². The van der Waals surface area contributed by atoms with E-state index in [1.165, 1.54) is 5.56 Å². The number of furan rings is 1. The Hall–Kier alpha value is -2.31. The highest BCUT2D eigenvalue weighted by Gasteiger charge is 2.35. The van der Waals surface area contributed by atoms with Crippen molar-refractivity contribution in [2.45, 2.75) is 45.2 Å². The first kappa shape index (κ1) is 21.9. The largest absolute Gasteiger partial charge is 0.464 e. The number of fused-ring (bicyclic) bond motifs is 1. The maximum atomic E-state index is 13.4. The summed E-state index contributed by atoms with van der Waals surface area (Å²) in [6.07, 6.45) is 2.18. The van der Waals surface area contributed by atoms with Crippen LogP contribution in [0.15, 0.2) is 53.1 Å². The minimum atomic E-state index is -3.12. The molecule has 31 heavy (non-hydrogen) atoms. The van der Waals surface area contributed by atoms with Gasteiger partial charge >= 0.3 is 0 Å². The molecule has 1 atom stereocenters. The molecule has 4 rings (SSSR count). The van der Waals surface area contributed by atoms with Gasteiger partial charge in [-0.1, -0.05) is 49.7 Å². The van der Waals surface area contributed by atoms with Crippen LogP contribution in [-0.2, 0) is 27.6 Å². The van der Waals surface area contributed by atoms with Gasteiger partial charge in [0.25, 0.3) is 0 Å². The smallest absolute Gasteiger partial charge is 0.227 e. The maximum absolute atomic E-state index is 13.4. The molecular weight excluding hydrogens is 434 g/mol. The van der Waals surface area contributed by atoms with E-state index in [0.717, 1.165) is 16.5 Å². The molecule has 1 saturated heterocycles. The first-order chi connectivity index (χ1) is 14.7. The zero-order valence-corrected chi connectivity index (χ0v) is 19.2. The van der Waals surface area contributed by atoms with E-state index in [1.54, 1.807) is 29.4 Å². The quantitative estimate of drug-likeness (QED) is 0.522. The van der Waals surface area contributed by atoms with Crippen LogP contribution in [0, 0.1) is 0 Å². The van der Waals surface area contributed by atoms with Gasteiger partial charge in [0.2, 0.25) is 5.91 Å². The van der Waals surface area contributed by atoms with Crippen LogP contribution < -0.4 is 0 Å². The lowest BCUT2D eigenvalue weighted by atomic mass is 10.0. The van der Waals surface area contributed by atoms with Crippen LogP contribution in [0.25, 0.3) is 11.0 Å². The minimum absolute atomic E-state index is 0.0147. The highest BCUT2D eigenvalue weighted by molar-refractivity contribution is 7.91. The molecule has 2 heterocycles. The molecule has 5 nitrogen and oxygen atoms in total. The molecule has 0 radical (unpaired) electrons. The number of benzene rings is 2. The highest BCUT2D eigenvalue weighted by Crippen LogP contribution is 2.27. The second-order valence-electron chi connectivity index (χ2n) is 8.55. The number of hydrogen-bond acceptors (Lipinski definition) is 4. The van der Waals surface area contributed by atoms with Crippen molar-refractivity contribution >= 4 is 38.3 Å². The van der Waals surface area contributed by atoms with Crippen LogP contribution in [0.3, 0.4) is 0 Å². The van der Waals surface area contributed by atoms with Gasteiger partial charge in [-0.25, -0.2) is 8.42 Å². The van der Waals surface area contributed by atoms with Crippen LogP contribution >= 0.6 is 11.6 Å². The van der Waals surface area contributed by atoms with Crippen molar-refractivity contribution in [3.05, 3.63) is 70.4 Å². The summed E-state index contributed by atoms with van der Waals surface area (Å²) in [6.45, 7) is 4.65. The number of rotatable bonds is 6. The average Bonchev–Trinajstić information content (AvgIpc) is 3.28. The van der Waals surface area contributed by atoms with Crippen LogP contribution in [0.2, 0.25) is 5.02 Å². The Balaban J connectivity index is 1.60. The summed E-state index contributed by atoms with van der Waals surface area (Å²) < 4.78 is 29.8. The van der Waals surface area contributed by atoms with E-state index in [-0.39, 0.29) is 29.9 Å². The van der Waals surface area contributed by atoms with Gasteiger partial charge in [0.05, 0.1) is 24.2 Å². The zero-order valence-electron chi connectivity index (χ0n) is 17.7. The highest BCUT2D eigenvalue weighted by atomic mass is 35.5. The van der Waals surface area contributed by atoms with Gasteiger partial charge in [-0.15, -0.1) is 0 Å². The predicted molar refractivity (Wildman–Crippen MR) is 123 cm³/mol. The Kier molecular flexibility index (Phi) is 6.13. The second kappa shape index (κ2) is 8.67. The molecule has 1 amide bonds. The van der Waals surface area contributed by atoms with Crippen molar-refractivity contribution in [3.8, 4) is 0 Å². The summed E-state index contributed by atoms with van der Waals surface area (Å²) in [6, 6.07) is 13.2. The SMILES string of the molecule is CC(C)c1ccc(CN(C(=O)Cc2coc3ccc(Cl)cc23)C2CCS(=O)(=O)C2)cc1. The van der Waals surface area contributed by atoms with Gasteiger partial charge in [0.1, 0.15) is 5.58 Å². The Labute approximate surface area is 187 Å². The lowest BCUT2D eigenvalue weighted by Crippen LogP contribution is -2.41. The molecule has 1 aliphatic rings. The molecule has 164 valence electrons. The summed E-state index contributed by atoms with van der Waals surface area (Å²) in [5.41, 5.74) is 3.64. The zero-order chi connectivity index (χ0) is 22.2. The molecule has 0 aliphatic carbocycles. The lowest BCUT2D eigenvalue weighted by molar-refractivity contribution is -0.133. The molecule has 0 N–H and O–H groups in total. The Morgan fingerprint density at radius 3 is 2.58 bits per heavy atom. The summed E-state index contributed by atoms with van der Waals surface area (Å²) >= 11 is 6.12. The number of carbonyl (C=O) groups is 1. The number of sulfone groups is 1. The molecule has 0 saturated carbocycles. The van der Waals surface area contributed by atoms with Gasteiger partial charge in [-0.3, -0.25) is 4.79 Å². The predicted octanol–water partition coefficient (Wildman–Crippen LogP) is 4.97. The van der Waals surface area contributed by atoms with Gasteiger partial charge in [-0.05, 0) is 41.7 Å². The maximum Gasteiger partial charge on any atom is 0.227 e. The Morgan fingerprint density at radius 1 is 1.19 bits per heavy atom. The van der Waals surface area contributed by atoms with E-state index in [0.29, 0.717) is 29.5 Å². The number of carbonyl (C=O) groups excluding carboxylic acids is 1. The first-order valence-corrected chi connectivity index (χ1v) is 12.7. The number of hydrogen-bond donors (Lipinski definition) is 0. The first-order valence-electron chi connectivity index (χ1n) is 10.5. The third-order valence-electron chi connectivity index (χ3n) is 5.93. The van der Waals surface area contributed by atoms with Gasteiger partial charge < -0.3 is 9.32 Å². The van der Waals surface area contributed by atoms with Gasteiger partial charge in [0.15, 0.2) is 9.84 Å². The average molecular weight is 460 g/mol. The normalized spacial score (nSPS) is 18.0. The second-order valence-corrected chi connectivity index (χ2v) is 11.2. The Morgan fingerprint density at radius 2 is 1.94 bits per heavy atom. The van der Waals surface area contributed by atoms with Crippen molar-refractivity contribution in [3.63, 3.8) is 0 Å².